The molecule has 3 aromatic rings. The molecular weight excluding hydrogens is 286 g/mol. The molecule has 0 saturated carbocycles. The average molecular weight is 305 g/mol. The molecule has 0 unspecified atom stereocenters. The number of hydrogen-bond acceptors (Lipinski definition) is 2. The Bertz CT molecular complexity index is 892. The second kappa shape index (κ2) is 5.58. The smallest absolute Gasteiger partial charge is 0.291 e. The zero-order chi connectivity index (χ0) is 15.8. The number of fused-ring (bicyclic) bond motifs is 2. The molecule has 116 valence electrons. The lowest BCUT2D eigenvalue weighted by atomic mass is 9.90. The van der Waals surface area contributed by atoms with Crippen molar-refractivity contribution in [2.45, 2.75) is 32.6 Å². The van der Waals surface area contributed by atoms with Crippen LogP contribution in [0.4, 0.5) is 5.69 Å². The summed E-state index contributed by atoms with van der Waals surface area (Å²) >= 11 is 0. The first-order valence-electron chi connectivity index (χ1n) is 8.14. The maximum atomic E-state index is 12.7. The van der Waals surface area contributed by atoms with Gasteiger partial charge in [-0.2, -0.15) is 0 Å². The number of amides is 1. The molecule has 0 bridgehead atoms. The largest absolute Gasteiger partial charge is 0.451 e. The first-order chi connectivity index (χ1) is 11.2. The highest BCUT2D eigenvalue weighted by molar-refractivity contribution is 6.06. The van der Waals surface area contributed by atoms with Gasteiger partial charge in [0.05, 0.1) is 0 Å². The molecule has 1 aliphatic carbocycles. The molecule has 0 radical (unpaired) electrons. The van der Waals surface area contributed by atoms with Gasteiger partial charge in [0.2, 0.25) is 0 Å². The van der Waals surface area contributed by atoms with E-state index in [1.165, 1.54) is 24.0 Å². The fraction of sp³-hybridized carbons (Fsp3) is 0.250. The number of anilines is 1. The van der Waals surface area contributed by atoms with E-state index >= 15 is 0 Å². The molecule has 1 aliphatic rings. The topological polar surface area (TPSA) is 42.2 Å². The van der Waals surface area contributed by atoms with Gasteiger partial charge in [-0.3, -0.25) is 4.79 Å². The molecule has 3 nitrogen and oxygen atoms in total. The summed E-state index contributed by atoms with van der Waals surface area (Å²) in [6.45, 7) is 1.93. The van der Waals surface area contributed by atoms with E-state index in [2.05, 4.69) is 11.4 Å². The number of hydrogen-bond donors (Lipinski definition) is 1. The maximum absolute atomic E-state index is 12.7. The molecule has 2 aromatic carbocycles. The van der Waals surface area contributed by atoms with Crippen molar-refractivity contribution < 1.29 is 9.21 Å². The van der Waals surface area contributed by atoms with Gasteiger partial charge in [0.25, 0.3) is 5.91 Å². The molecule has 0 saturated heterocycles. The maximum Gasteiger partial charge on any atom is 0.291 e. The first kappa shape index (κ1) is 14.1. The van der Waals surface area contributed by atoms with E-state index in [-0.39, 0.29) is 5.91 Å². The summed E-state index contributed by atoms with van der Waals surface area (Å²) in [6.07, 6.45) is 4.55. The van der Waals surface area contributed by atoms with Crippen LogP contribution in [0.1, 0.15) is 40.1 Å². The Kier molecular flexibility index (Phi) is 3.41. The van der Waals surface area contributed by atoms with Crippen molar-refractivity contribution in [3.63, 3.8) is 0 Å². The van der Waals surface area contributed by atoms with E-state index in [4.69, 9.17) is 4.42 Å². The summed E-state index contributed by atoms with van der Waals surface area (Å²) in [5.74, 6) is 0.234. The van der Waals surface area contributed by atoms with Crippen molar-refractivity contribution in [1.29, 1.82) is 0 Å². The fourth-order valence-corrected chi connectivity index (χ4v) is 3.47. The van der Waals surface area contributed by atoms with Crippen LogP contribution in [0.5, 0.6) is 0 Å². The van der Waals surface area contributed by atoms with E-state index in [1.54, 1.807) is 0 Å². The number of furan rings is 1. The van der Waals surface area contributed by atoms with Gasteiger partial charge in [0.1, 0.15) is 5.58 Å². The Balaban J connectivity index is 1.69. The quantitative estimate of drug-likeness (QED) is 0.733. The molecule has 0 spiro atoms. The molecule has 1 heterocycles. The van der Waals surface area contributed by atoms with Crippen LogP contribution in [0.3, 0.4) is 0 Å². The number of benzene rings is 2. The fourth-order valence-electron chi connectivity index (χ4n) is 3.47. The molecule has 1 amide bonds. The van der Waals surface area contributed by atoms with Crippen LogP contribution in [-0.2, 0) is 12.8 Å². The standard InChI is InChI=1S/C20H19NO2/c1-13-15-9-4-5-12-18(15)23-19(13)20(22)21-17-11-6-8-14-7-2-3-10-16(14)17/h4-6,8-9,11-12H,2-3,7,10H2,1H3,(H,21,22). The van der Waals surface area contributed by atoms with Crippen molar-refractivity contribution in [2.24, 2.45) is 0 Å². The Labute approximate surface area is 135 Å². The normalized spacial score (nSPS) is 13.8. The second-order valence-electron chi connectivity index (χ2n) is 6.16. The van der Waals surface area contributed by atoms with Crippen LogP contribution in [-0.4, -0.2) is 5.91 Å². The summed E-state index contributed by atoms with van der Waals surface area (Å²) in [5, 5.41) is 4.05. The lowest BCUT2D eigenvalue weighted by Gasteiger charge is -2.19. The summed E-state index contributed by atoms with van der Waals surface area (Å²) in [7, 11) is 0. The van der Waals surface area contributed by atoms with Gasteiger partial charge in [0.15, 0.2) is 5.76 Å². The third-order valence-electron chi connectivity index (χ3n) is 4.69. The van der Waals surface area contributed by atoms with E-state index in [9.17, 15) is 4.79 Å². The number of para-hydroxylation sites is 1. The van der Waals surface area contributed by atoms with Crippen LogP contribution in [0.15, 0.2) is 46.9 Å². The highest BCUT2D eigenvalue weighted by Gasteiger charge is 2.20. The highest BCUT2D eigenvalue weighted by atomic mass is 16.3. The summed E-state index contributed by atoms with van der Waals surface area (Å²) in [6, 6.07) is 13.9. The SMILES string of the molecule is Cc1c(C(=O)Nc2cccc3c2CCCC3)oc2ccccc12. The van der Waals surface area contributed by atoms with Crippen LogP contribution < -0.4 is 5.32 Å². The van der Waals surface area contributed by atoms with E-state index in [1.807, 2.05) is 43.3 Å². The van der Waals surface area contributed by atoms with Crippen molar-refractivity contribution >= 4 is 22.6 Å². The van der Waals surface area contributed by atoms with Gasteiger partial charge in [-0.25, -0.2) is 0 Å². The van der Waals surface area contributed by atoms with E-state index in [0.29, 0.717) is 5.76 Å². The third-order valence-corrected chi connectivity index (χ3v) is 4.69. The lowest BCUT2D eigenvalue weighted by molar-refractivity contribution is 0.0998. The monoisotopic (exact) mass is 305 g/mol. The van der Waals surface area contributed by atoms with Gasteiger partial charge < -0.3 is 9.73 Å². The third kappa shape index (κ3) is 2.42. The van der Waals surface area contributed by atoms with Gasteiger partial charge >= 0.3 is 0 Å². The second-order valence-corrected chi connectivity index (χ2v) is 6.16. The van der Waals surface area contributed by atoms with Crippen LogP contribution >= 0.6 is 0 Å². The van der Waals surface area contributed by atoms with E-state index in [0.717, 1.165) is 35.1 Å². The van der Waals surface area contributed by atoms with Crippen molar-refractivity contribution in [3.8, 4) is 0 Å². The molecule has 0 atom stereocenters. The zero-order valence-electron chi connectivity index (χ0n) is 13.2. The number of nitrogens with one attached hydrogen (secondary N) is 1. The van der Waals surface area contributed by atoms with Crippen LogP contribution in [0.25, 0.3) is 11.0 Å². The lowest BCUT2D eigenvalue weighted by Crippen LogP contribution is -2.15. The first-order valence-corrected chi connectivity index (χ1v) is 8.14. The van der Waals surface area contributed by atoms with Crippen molar-refractivity contribution in [3.05, 3.63) is 64.9 Å². The Morgan fingerprint density at radius 1 is 1.04 bits per heavy atom. The average Bonchev–Trinajstić information content (AvgIpc) is 2.93. The minimum atomic E-state index is -0.169. The zero-order valence-corrected chi connectivity index (χ0v) is 13.2. The highest BCUT2D eigenvalue weighted by Crippen LogP contribution is 2.30. The van der Waals surface area contributed by atoms with Gasteiger partial charge in [-0.1, -0.05) is 30.3 Å². The molecule has 1 N–H and O–H groups in total. The van der Waals surface area contributed by atoms with Crippen molar-refractivity contribution in [2.75, 3.05) is 5.32 Å². The predicted octanol–water partition coefficient (Wildman–Crippen LogP) is 4.87. The molecule has 1 aromatic heterocycles. The van der Waals surface area contributed by atoms with Gasteiger partial charge in [-0.05, 0) is 55.9 Å². The molecule has 23 heavy (non-hydrogen) atoms. The van der Waals surface area contributed by atoms with Crippen LogP contribution in [0.2, 0.25) is 0 Å². The van der Waals surface area contributed by atoms with Gasteiger partial charge in [-0.15, -0.1) is 0 Å². The minimum Gasteiger partial charge on any atom is -0.451 e. The van der Waals surface area contributed by atoms with Crippen LogP contribution in [0, 0.1) is 6.92 Å². The molecule has 3 heteroatoms. The summed E-state index contributed by atoms with van der Waals surface area (Å²) < 4.78 is 5.76. The van der Waals surface area contributed by atoms with E-state index < -0.39 is 0 Å². The number of carbonyl (C=O) groups excluding carboxylic acids is 1. The Hall–Kier alpha value is -2.55. The number of carbonyl (C=O) groups is 1. The summed E-state index contributed by atoms with van der Waals surface area (Å²) in [4.78, 5) is 12.7. The molecular formula is C20H19NO2. The van der Waals surface area contributed by atoms with Crippen molar-refractivity contribution in [1.82, 2.24) is 0 Å². The summed E-state index contributed by atoms with van der Waals surface area (Å²) in [5.41, 5.74) is 5.21. The molecule has 0 fully saturated rings. The Morgan fingerprint density at radius 2 is 1.87 bits per heavy atom. The Morgan fingerprint density at radius 3 is 2.74 bits per heavy atom. The molecule has 0 aliphatic heterocycles. The number of aryl methyl sites for hydroxylation is 2. The van der Waals surface area contributed by atoms with Gasteiger partial charge in [0, 0.05) is 16.6 Å². The minimum absolute atomic E-state index is 0.169. The predicted molar refractivity (Wildman–Crippen MR) is 92.0 cm³/mol. The number of rotatable bonds is 2. The molecule has 4 rings (SSSR count).